The molecule has 5 nitrogen and oxygen atoms in total. The molecule has 2 aromatic carbocycles. The van der Waals surface area contributed by atoms with E-state index in [9.17, 15) is 9.59 Å². The summed E-state index contributed by atoms with van der Waals surface area (Å²) in [6, 6.07) is 17.4. The van der Waals surface area contributed by atoms with Gasteiger partial charge in [-0.15, -0.1) is 0 Å². The highest BCUT2D eigenvalue weighted by atomic mass is 16.5. The summed E-state index contributed by atoms with van der Waals surface area (Å²) in [4.78, 5) is 30.1. The van der Waals surface area contributed by atoms with Crippen molar-refractivity contribution in [3.05, 3.63) is 71.4 Å². The molecule has 5 heteroatoms. The maximum atomic E-state index is 13.4. The van der Waals surface area contributed by atoms with E-state index < -0.39 is 0 Å². The van der Waals surface area contributed by atoms with Crippen LogP contribution in [-0.4, -0.2) is 41.8 Å². The zero-order valence-electron chi connectivity index (χ0n) is 17.4. The van der Waals surface area contributed by atoms with Crippen LogP contribution in [0.3, 0.4) is 0 Å². The molecule has 3 rings (SSSR count). The van der Waals surface area contributed by atoms with Crippen LogP contribution in [0.1, 0.15) is 37.8 Å². The third-order valence-corrected chi connectivity index (χ3v) is 5.17. The quantitative estimate of drug-likeness (QED) is 0.603. The fourth-order valence-corrected chi connectivity index (χ4v) is 3.62. The molecule has 29 heavy (non-hydrogen) atoms. The average Bonchev–Trinajstić information content (AvgIpc) is 3.00. The minimum absolute atomic E-state index is 0.220. The van der Waals surface area contributed by atoms with Crippen molar-refractivity contribution in [2.24, 2.45) is 0 Å². The summed E-state index contributed by atoms with van der Waals surface area (Å²) in [5.74, 6) is 0.130. The van der Waals surface area contributed by atoms with Crippen molar-refractivity contribution in [1.82, 2.24) is 9.80 Å². The Bertz CT molecular complexity index is 905. The van der Waals surface area contributed by atoms with E-state index in [2.05, 4.69) is 0 Å². The van der Waals surface area contributed by atoms with Gasteiger partial charge < -0.3 is 9.64 Å². The van der Waals surface area contributed by atoms with Crippen molar-refractivity contribution in [3.63, 3.8) is 0 Å². The molecule has 0 spiro atoms. The van der Waals surface area contributed by atoms with Gasteiger partial charge >= 0.3 is 0 Å². The lowest BCUT2D eigenvalue weighted by Crippen LogP contribution is -2.35. The Labute approximate surface area is 172 Å². The maximum Gasteiger partial charge on any atom is 0.277 e. The first-order chi connectivity index (χ1) is 14.1. The molecular weight excluding hydrogens is 364 g/mol. The number of unbranched alkanes of at least 4 members (excludes halogenated alkanes) is 1. The first-order valence-electron chi connectivity index (χ1n) is 10.1. The highest BCUT2D eigenvalue weighted by Gasteiger charge is 2.41. The highest BCUT2D eigenvalue weighted by molar-refractivity contribution is 6.36. The summed E-state index contributed by atoms with van der Waals surface area (Å²) in [5.41, 5.74) is 2.64. The van der Waals surface area contributed by atoms with E-state index in [-0.39, 0.29) is 11.8 Å². The lowest BCUT2D eigenvalue weighted by molar-refractivity contribution is -0.137. The van der Waals surface area contributed by atoms with Crippen LogP contribution in [-0.2, 0) is 16.1 Å². The van der Waals surface area contributed by atoms with Crippen molar-refractivity contribution in [3.8, 4) is 5.75 Å². The smallest absolute Gasteiger partial charge is 0.277 e. The largest absolute Gasteiger partial charge is 0.496 e. The van der Waals surface area contributed by atoms with Crippen LogP contribution in [0.25, 0.3) is 5.57 Å². The molecule has 0 atom stereocenters. The number of para-hydroxylation sites is 1. The zero-order valence-corrected chi connectivity index (χ0v) is 17.4. The van der Waals surface area contributed by atoms with Gasteiger partial charge in [0.1, 0.15) is 11.4 Å². The molecule has 0 fully saturated rings. The van der Waals surface area contributed by atoms with E-state index >= 15 is 0 Å². The second-order valence-electron chi connectivity index (χ2n) is 7.04. The lowest BCUT2D eigenvalue weighted by Gasteiger charge is -2.25. The summed E-state index contributed by atoms with van der Waals surface area (Å²) in [6.07, 6.45) is 1.70. The molecule has 0 unspecified atom stereocenters. The Morgan fingerprint density at radius 3 is 2.28 bits per heavy atom. The van der Waals surface area contributed by atoms with Gasteiger partial charge in [0, 0.05) is 25.2 Å². The summed E-state index contributed by atoms with van der Waals surface area (Å²) in [5, 5.41) is 0. The minimum atomic E-state index is -0.241. The number of ether oxygens (including phenoxy) is 1. The Morgan fingerprint density at radius 1 is 0.931 bits per heavy atom. The standard InChI is InChI=1S/C24H28N2O3/c1-4-6-16-26-23(27)21(19-14-10-11-15-20(19)29-3)22(24(26)28)25(5-2)17-18-12-8-7-9-13-18/h7-15H,4-6,16-17H2,1-3H3. The van der Waals surface area contributed by atoms with Crippen molar-refractivity contribution in [2.45, 2.75) is 33.2 Å². The van der Waals surface area contributed by atoms with Gasteiger partial charge in [-0.3, -0.25) is 14.5 Å². The van der Waals surface area contributed by atoms with E-state index in [1.807, 2.05) is 73.3 Å². The molecular formula is C24H28N2O3. The predicted octanol–water partition coefficient (Wildman–Crippen LogP) is 4.10. The third kappa shape index (κ3) is 4.19. The van der Waals surface area contributed by atoms with Crippen molar-refractivity contribution in [1.29, 1.82) is 0 Å². The van der Waals surface area contributed by atoms with E-state index in [0.29, 0.717) is 42.2 Å². The van der Waals surface area contributed by atoms with Crippen molar-refractivity contribution < 1.29 is 14.3 Å². The molecule has 0 bridgehead atoms. The number of methoxy groups -OCH3 is 1. The first kappa shape index (κ1) is 20.6. The number of nitrogens with zero attached hydrogens (tertiary/aromatic N) is 2. The third-order valence-electron chi connectivity index (χ3n) is 5.17. The Hall–Kier alpha value is -3.08. The Morgan fingerprint density at radius 2 is 1.62 bits per heavy atom. The van der Waals surface area contributed by atoms with Gasteiger partial charge in [-0.25, -0.2) is 0 Å². The minimum Gasteiger partial charge on any atom is -0.496 e. The number of likely N-dealkylation sites (N-methyl/N-ethyl adjacent to an activating group) is 1. The van der Waals surface area contributed by atoms with Crippen molar-refractivity contribution >= 4 is 17.4 Å². The second kappa shape index (κ2) is 9.41. The van der Waals surface area contributed by atoms with Gasteiger partial charge in [-0.1, -0.05) is 61.9 Å². The molecule has 0 aliphatic carbocycles. The molecule has 0 saturated carbocycles. The molecule has 2 aromatic rings. The Kier molecular flexibility index (Phi) is 6.70. The number of carbonyl (C=O) groups is 2. The highest BCUT2D eigenvalue weighted by Crippen LogP contribution is 2.36. The van der Waals surface area contributed by atoms with E-state index in [0.717, 1.165) is 18.4 Å². The molecule has 0 N–H and O–H groups in total. The van der Waals surface area contributed by atoms with Gasteiger partial charge in [0.15, 0.2) is 0 Å². The topological polar surface area (TPSA) is 49.9 Å². The van der Waals surface area contributed by atoms with Gasteiger partial charge in [-0.2, -0.15) is 0 Å². The number of carbonyl (C=O) groups excluding carboxylic acids is 2. The molecule has 0 radical (unpaired) electrons. The van der Waals surface area contributed by atoms with Crippen LogP contribution in [0, 0.1) is 0 Å². The number of hydrogen-bond acceptors (Lipinski definition) is 4. The molecule has 2 amide bonds. The van der Waals surface area contributed by atoms with Gasteiger partial charge in [0.2, 0.25) is 0 Å². The Balaban J connectivity index is 2.10. The average molecular weight is 392 g/mol. The van der Waals surface area contributed by atoms with Gasteiger partial charge in [0.05, 0.1) is 12.7 Å². The lowest BCUT2D eigenvalue weighted by atomic mass is 10.0. The predicted molar refractivity (Wildman–Crippen MR) is 114 cm³/mol. The molecule has 0 aromatic heterocycles. The molecule has 1 heterocycles. The molecule has 1 aliphatic rings. The van der Waals surface area contributed by atoms with Crippen molar-refractivity contribution in [2.75, 3.05) is 20.2 Å². The zero-order chi connectivity index (χ0) is 20.8. The molecule has 1 aliphatic heterocycles. The molecule has 0 saturated heterocycles. The number of rotatable bonds is 9. The summed E-state index contributed by atoms with van der Waals surface area (Å²) >= 11 is 0. The number of benzene rings is 2. The summed E-state index contributed by atoms with van der Waals surface area (Å²) in [6.45, 7) is 5.66. The van der Waals surface area contributed by atoms with E-state index in [1.54, 1.807) is 7.11 Å². The summed E-state index contributed by atoms with van der Waals surface area (Å²) < 4.78 is 5.50. The first-order valence-corrected chi connectivity index (χ1v) is 10.1. The summed E-state index contributed by atoms with van der Waals surface area (Å²) in [7, 11) is 1.58. The van der Waals surface area contributed by atoms with E-state index in [4.69, 9.17) is 4.74 Å². The maximum absolute atomic E-state index is 13.4. The number of hydrogen-bond donors (Lipinski definition) is 0. The van der Waals surface area contributed by atoms with Crippen LogP contribution >= 0.6 is 0 Å². The number of imide groups is 1. The fraction of sp³-hybridized carbons (Fsp3) is 0.333. The van der Waals surface area contributed by atoms with E-state index in [1.165, 1.54) is 4.90 Å². The van der Waals surface area contributed by atoms with Crippen LogP contribution in [0.5, 0.6) is 5.75 Å². The second-order valence-corrected chi connectivity index (χ2v) is 7.04. The SMILES string of the molecule is CCCCN1C(=O)C(c2ccccc2OC)=C(N(CC)Cc2ccccc2)C1=O. The number of amides is 2. The monoisotopic (exact) mass is 392 g/mol. The fourth-order valence-electron chi connectivity index (χ4n) is 3.62. The molecule has 152 valence electrons. The van der Waals surface area contributed by atoms with Gasteiger partial charge in [0.25, 0.3) is 11.8 Å². The van der Waals surface area contributed by atoms with Crippen LogP contribution in [0.15, 0.2) is 60.3 Å². The van der Waals surface area contributed by atoms with Gasteiger partial charge in [-0.05, 0) is 25.0 Å². The van der Waals surface area contributed by atoms with Crippen LogP contribution in [0.4, 0.5) is 0 Å². The van der Waals surface area contributed by atoms with Crippen LogP contribution < -0.4 is 4.74 Å². The van der Waals surface area contributed by atoms with Crippen LogP contribution in [0.2, 0.25) is 0 Å². The normalized spacial score (nSPS) is 14.0.